The molecule has 0 heterocycles. The molecule has 0 radical (unpaired) electrons. The minimum absolute atomic E-state index is 0.256. The molecule has 1 aliphatic carbocycles. The second-order valence-corrected chi connectivity index (χ2v) is 4.41. The van der Waals surface area contributed by atoms with Crippen LogP contribution >= 0.6 is 0 Å². The van der Waals surface area contributed by atoms with Crippen LogP contribution in [0, 0.1) is 17.8 Å². The van der Waals surface area contributed by atoms with E-state index >= 15 is 0 Å². The van der Waals surface area contributed by atoms with Gasteiger partial charge in [-0.25, -0.2) is 0 Å². The molecule has 1 heteroatoms. The highest BCUT2D eigenvalue weighted by Gasteiger charge is 2.31. The Morgan fingerprint density at radius 3 is 2.50 bits per heavy atom. The van der Waals surface area contributed by atoms with Crippen LogP contribution in [0.1, 0.15) is 33.6 Å². The summed E-state index contributed by atoms with van der Waals surface area (Å²) in [5.41, 5.74) is 1.04. The van der Waals surface area contributed by atoms with Crippen molar-refractivity contribution in [2.45, 2.75) is 39.7 Å². The molecule has 1 saturated carbocycles. The average molecular weight is 168 g/mol. The molecule has 1 rings (SSSR count). The molecule has 0 saturated heterocycles. The highest BCUT2D eigenvalue weighted by molar-refractivity contribution is 5.11. The topological polar surface area (TPSA) is 20.2 Å². The quantitative estimate of drug-likeness (QED) is 0.597. The van der Waals surface area contributed by atoms with E-state index in [4.69, 9.17) is 0 Å². The Morgan fingerprint density at radius 2 is 2.00 bits per heavy atom. The summed E-state index contributed by atoms with van der Waals surface area (Å²) >= 11 is 0. The standard InChI is InChI=1S/C11H20O/c1-7(2)10-6-5-8(3)9(4)11(10)12/h7-8,10-12H,4-6H2,1-3H3. The van der Waals surface area contributed by atoms with Crippen LogP contribution in [0.25, 0.3) is 0 Å². The fraction of sp³-hybridized carbons (Fsp3) is 0.818. The van der Waals surface area contributed by atoms with E-state index in [0.29, 0.717) is 17.8 Å². The Kier molecular flexibility index (Phi) is 2.94. The van der Waals surface area contributed by atoms with Crippen LogP contribution in [0.15, 0.2) is 12.2 Å². The number of aliphatic hydroxyl groups excluding tert-OH is 1. The van der Waals surface area contributed by atoms with E-state index in [-0.39, 0.29) is 6.10 Å². The second-order valence-electron chi connectivity index (χ2n) is 4.41. The lowest BCUT2D eigenvalue weighted by molar-refractivity contribution is 0.0740. The molecule has 3 unspecified atom stereocenters. The Bertz CT molecular complexity index is 172. The van der Waals surface area contributed by atoms with E-state index in [0.717, 1.165) is 12.0 Å². The molecule has 1 nitrogen and oxygen atoms in total. The van der Waals surface area contributed by atoms with Gasteiger partial charge in [-0.05, 0) is 36.2 Å². The van der Waals surface area contributed by atoms with Crippen molar-refractivity contribution in [2.75, 3.05) is 0 Å². The Morgan fingerprint density at radius 1 is 1.42 bits per heavy atom. The first-order valence-electron chi connectivity index (χ1n) is 4.90. The molecule has 1 fully saturated rings. The maximum absolute atomic E-state index is 9.88. The summed E-state index contributed by atoms with van der Waals surface area (Å²) in [6.45, 7) is 10.5. The van der Waals surface area contributed by atoms with E-state index in [1.165, 1.54) is 6.42 Å². The molecule has 0 aromatic heterocycles. The van der Waals surface area contributed by atoms with Gasteiger partial charge in [-0.3, -0.25) is 0 Å². The number of hydrogen-bond donors (Lipinski definition) is 1. The summed E-state index contributed by atoms with van der Waals surface area (Å²) in [5, 5.41) is 9.88. The Hall–Kier alpha value is -0.300. The lowest BCUT2D eigenvalue weighted by Gasteiger charge is -2.36. The summed E-state index contributed by atoms with van der Waals surface area (Å²) in [7, 11) is 0. The van der Waals surface area contributed by atoms with Crippen LogP contribution in [-0.2, 0) is 0 Å². The van der Waals surface area contributed by atoms with Gasteiger partial charge in [0.25, 0.3) is 0 Å². The molecular formula is C11H20O. The fourth-order valence-corrected chi connectivity index (χ4v) is 2.05. The fourth-order valence-electron chi connectivity index (χ4n) is 2.05. The zero-order valence-electron chi connectivity index (χ0n) is 8.38. The molecule has 0 aromatic carbocycles. The van der Waals surface area contributed by atoms with Crippen molar-refractivity contribution in [1.29, 1.82) is 0 Å². The van der Waals surface area contributed by atoms with Gasteiger partial charge >= 0.3 is 0 Å². The first-order valence-corrected chi connectivity index (χ1v) is 4.90. The van der Waals surface area contributed by atoms with E-state index in [9.17, 15) is 5.11 Å². The maximum atomic E-state index is 9.88. The van der Waals surface area contributed by atoms with Crippen molar-refractivity contribution in [3.8, 4) is 0 Å². The Labute approximate surface area is 75.5 Å². The monoisotopic (exact) mass is 168 g/mol. The highest BCUT2D eigenvalue weighted by atomic mass is 16.3. The molecule has 0 aromatic rings. The number of rotatable bonds is 1. The molecule has 70 valence electrons. The molecule has 12 heavy (non-hydrogen) atoms. The minimum Gasteiger partial charge on any atom is -0.388 e. The van der Waals surface area contributed by atoms with Crippen LogP contribution in [0.2, 0.25) is 0 Å². The van der Waals surface area contributed by atoms with Gasteiger partial charge in [-0.2, -0.15) is 0 Å². The lowest BCUT2D eigenvalue weighted by atomic mass is 9.73. The third-order valence-corrected chi connectivity index (χ3v) is 3.21. The van der Waals surface area contributed by atoms with E-state index in [1.54, 1.807) is 0 Å². The lowest BCUT2D eigenvalue weighted by Crippen LogP contribution is -2.33. The van der Waals surface area contributed by atoms with Crippen molar-refractivity contribution in [3.05, 3.63) is 12.2 Å². The number of hydrogen-bond acceptors (Lipinski definition) is 1. The van der Waals surface area contributed by atoms with Gasteiger partial charge in [0.15, 0.2) is 0 Å². The summed E-state index contributed by atoms with van der Waals surface area (Å²) < 4.78 is 0. The summed E-state index contributed by atoms with van der Waals surface area (Å²) in [4.78, 5) is 0. The molecule has 1 N–H and O–H groups in total. The molecule has 0 bridgehead atoms. The predicted molar refractivity (Wildman–Crippen MR) is 51.9 cm³/mol. The SMILES string of the molecule is C=C1C(C)CCC(C(C)C)C1O. The summed E-state index contributed by atoms with van der Waals surface area (Å²) in [6.07, 6.45) is 2.09. The van der Waals surface area contributed by atoms with Gasteiger partial charge in [-0.15, -0.1) is 0 Å². The zero-order chi connectivity index (χ0) is 9.30. The van der Waals surface area contributed by atoms with Gasteiger partial charge in [0.05, 0.1) is 6.10 Å². The van der Waals surface area contributed by atoms with Crippen molar-refractivity contribution in [1.82, 2.24) is 0 Å². The van der Waals surface area contributed by atoms with Crippen molar-refractivity contribution >= 4 is 0 Å². The minimum atomic E-state index is -0.256. The van der Waals surface area contributed by atoms with Crippen molar-refractivity contribution < 1.29 is 5.11 Å². The molecule has 0 spiro atoms. The highest BCUT2D eigenvalue weighted by Crippen LogP contribution is 2.36. The van der Waals surface area contributed by atoms with E-state index < -0.39 is 0 Å². The number of aliphatic hydroxyl groups is 1. The molecular weight excluding hydrogens is 148 g/mol. The van der Waals surface area contributed by atoms with Gasteiger partial charge in [0.1, 0.15) is 0 Å². The third-order valence-electron chi connectivity index (χ3n) is 3.21. The van der Waals surface area contributed by atoms with Crippen molar-refractivity contribution in [3.63, 3.8) is 0 Å². The third kappa shape index (κ3) is 1.71. The first-order chi connectivity index (χ1) is 5.54. The van der Waals surface area contributed by atoms with Crippen LogP contribution < -0.4 is 0 Å². The molecule has 3 atom stereocenters. The summed E-state index contributed by atoms with van der Waals surface area (Å²) in [5.74, 6) is 1.52. The molecule has 0 amide bonds. The maximum Gasteiger partial charge on any atom is 0.0780 e. The van der Waals surface area contributed by atoms with Gasteiger partial charge in [0.2, 0.25) is 0 Å². The molecule has 1 aliphatic rings. The first kappa shape index (κ1) is 9.79. The van der Waals surface area contributed by atoms with Crippen LogP contribution in [0.3, 0.4) is 0 Å². The largest absolute Gasteiger partial charge is 0.388 e. The van der Waals surface area contributed by atoms with Crippen molar-refractivity contribution in [2.24, 2.45) is 17.8 Å². The molecule has 0 aliphatic heterocycles. The summed E-state index contributed by atoms with van der Waals surface area (Å²) in [6, 6.07) is 0. The van der Waals surface area contributed by atoms with Gasteiger partial charge < -0.3 is 5.11 Å². The zero-order valence-corrected chi connectivity index (χ0v) is 8.38. The second kappa shape index (κ2) is 3.61. The smallest absolute Gasteiger partial charge is 0.0780 e. The van der Waals surface area contributed by atoms with E-state index in [1.807, 2.05) is 0 Å². The van der Waals surface area contributed by atoms with Crippen LogP contribution in [0.4, 0.5) is 0 Å². The average Bonchev–Trinajstić information content (AvgIpc) is 2.00. The van der Waals surface area contributed by atoms with Crippen LogP contribution in [0.5, 0.6) is 0 Å². The van der Waals surface area contributed by atoms with Gasteiger partial charge in [-0.1, -0.05) is 27.4 Å². The normalized spacial score (nSPS) is 37.4. The predicted octanol–water partition coefficient (Wildman–Crippen LogP) is 2.61. The van der Waals surface area contributed by atoms with Gasteiger partial charge in [0, 0.05) is 0 Å². The van der Waals surface area contributed by atoms with E-state index in [2.05, 4.69) is 27.4 Å². The Balaban J connectivity index is 2.65. The van der Waals surface area contributed by atoms with Crippen LogP contribution in [-0.4, -0.2) is 11.2 Å².